The number of nitrogens with one attached hydrogen (secondary N) is 1. The molecule has 0 aliphatic rings. The van der Waals surface area contributed by atoms with Crippen LogP contribution in [0.5, 0.6) is 0 Å². The van der Waals surface area contributed by atoms with Crippen molar-refractivity contribution in [3.8, 4) is 0 Å². The van der Waals surface area contributed by atoms with Crippen molar-refractivity contribution >= 4 is 17.3 Å². The first-order valence-corrected chi connectivity index (χ1v) is 7.85. The van der Waals surface area contributed by atoms with Crippen LogP contribution in [0.15, 0.2) is 41.2 Å². The minimum atomic E-state index is -0.575. The van der Waals surface area contributed by atoms with Gasteiger partial charge in [-0.25, -0.2) is 0 Å². The Morgan fingerprint density at radius 3 is 2.28 bits per heavy atom. The van der Waals surface area contributed by atoms with Crippen LogP contribution >= 0.6 is 0 Å². The molecule has 25 heavy (non-hydrogen) atoms. The van der Waals surface area contributed by atoms with E-state index in [9.17, 15) is 19.7 Å². The molecule has 0 saturated carbocycles. The van der Waals surface area contributed by atoms with Gasteiger partial charge in [0.1, 0.15) is 6.54 Å². The molecule has 0 atom stereocenters. The lowest BCUT2D eigenvalue weighted by atomic mass is 9.87. The topological polar surface area (TPSA) is 94.2 Å². The third-order valence-corrected chi connectivity index (χ3v) is 3.96. The summed E-state index contributed by atoms with van der Waals surface area (Å²) in [5, 5.41) is 13.7. The van der Waals surface area contributed by atoms with E-state index in [2.05, 4.69) is 26.1 Å². The summed E-state index contributed by atoms with van der Waals surface area (Å²) in [6, 6.07) is 9.69. The van der Waals surface area contributed by atoms with E-state index in [1.54, 1.807) is 12.1 Å². The highest BCUT2D eigenvalue weighted by molar-refractivity contribution is 5.90. The summed E-state index contributed by atoms with van der Waals surface area (Å²) < 4.78 is 1.09. The number of nitrogens with zero attached hydrogens (tertiary/aromatic N) is 2. The molecule has 1 aromatic heterocycles. The van der Waals surface area contributed by atoms with Crippen molar-refractivity contribution < 1.29 is 9.72 Å². The largest absolute Gasteiger partial charge is 0.325 e. The third-order valence-electron chi connectivity index (χ3n) is 3.96. The van der Waals surface area contributed by atoms with E-state index in [0.717, 1.165) is 22.3 Å². The maximum Gasteiger partial charge on any atom is 0.288 e. The lowest BCUT2D eigenvalue weighted by Crippen LogP contribution is -2.29. The highest BCUT2D eigenvalue weighted by Crippen LogP contribution is 2.23. The summed E-state index contributed by atoms with van der Waals surface area (Å²) >= 11 is 0. The highest BCUT2D eigenvalue weighted by Gasteiger charge is 2.17. The van der Waals surface area contributed by atoms with Gasteiger partial charge in [-0.05, 0) is 30.0 Å². The van der Waals surface area contributed by atoms with E-state index in [1.165, 1.54) is 6.92 Å². The van der Waals surface area contributed by atoms with E-state index in [4.69, 9.17) is 0 Å². The molecule has 1 N–H and O–H groups in total. The molecule has 0 radical (unpaired) electrons. The summed E-state index contributed by atoms with van der Waals surface area (Å²) in [5.41, 5.74) is 1.25. The van der Waals surface area contributed by atoms with Crippen LogP contribution in [0.2, 0.25) is 0 Å². The van der Waals surface area contributed by atoms with Gasteiger partial charge < -0.3 is 5.32 Å². The van der Waals surface area contributed by atoms with E-state index in [0.29, 0.717) is 5.69 Å². The van der Waals surface area contributed by atoms with Crippen molar-refractivity contribution in [2.24, 2.45) is 0 Å². The number of pyridine rings is 1. The molecule has 2 rings (SSSR count). The molecule has 7 nitrogen and oxygen atoms in total. The lowest BCUT2D eigenvalue weighted by molar-refractivity contribution is -0.386. The highest BCUT2D eigenvalue weighted by atomic mass is 16.6. The van der Waals surface area contributed by atoms with Crippen molar-refractivity contribution in [1.29, 1.82) is 0 Å². The maximum absolute atomic E-state index is 12.2. The SMILES string of the molecule is Cc1c([N+](=O)[O-])ccc(=O)n1CC(=O)Nc1ccc(C(C)(C)C)cc1. The van der Waals surface area contributed by atoms with Crippen LogP contribution in [0.25, 0.3) is 0 Å². The van der Waals surface area contributed by atoms with Gasteiger partial charge in [-0.2, -0.15) is 0 Å². The van der Waals surface area contributed by atoms with Crippen LogP contribution in [0.3, 0.4) is 0 Å². The lowest BCUT2D eigenvalue weighted by Gasteiger charge is -2.19. The Bertz CT molecular complexity index is 861. The molecule has 0 aliphatic carbocycles. The predicted octanol–water partition coefficient (Wildman–Crippen LogP) is 3.00. The summed E-state index contributed by atoms with van der Waals surface area (Å²) in [6.07, 6.45) is 0. The molecule has 0 saturated heterocycles. The molecule has 0 spiro atoms. The minimum absolute atomic E-state index is 0.00986. The second-order valence-electron chi connectivity index (χ2n) is 6.86. The third kappa shape index (κ3) is 4.32. The molecule has 0 bridgehead atoms. The fraction of sp³-hybridized carbons (Fsp3) is 0.333. The minimum Gasteiger partial charge on any atom is -0.325 e. The zero-order chi connectivity index (χ0) is 18.8. The average molecular weight is 343 g/mol. The number of anilines is 1. The number of nitro groups is 1. The van der Waals surface area contributed by atoms with Crippen LogP contribution in [0.1, 0.15) is 32.0 Å². The number of hydrogen-bond donors (Lipinski definition) is 1. The van der Waals surface area contributed by atoms with Gasteiger partial charge in [0.05, 0.1) is 10.6 Å². The number of hydrogen-bond acceptors (Lipinski definition) is 4. The molecule has 0 aliphatic heterocycles. The van der Waals surface area contributed by atoms with E-state index < -0.39 is 16.4 Å². The first kappa shape index (κ1) is 18.4. The second-order valence-corrected chi connectivity index (χ2v) is 6.86. The molecule has 1 aromatic carbocycles. The predicted molar refractivity (Wildman–Crippen MR) is 95.9 cm³/mol. The Hall–Kier alpha value is -2.96. The number of carbonyl (C=O) groups is 1. The second kappa shape index (κ2) is 6.88. The summed E-state index contributed by atoms with van der Waals surface area (Å²) in [7, 11) is 0. The number of carbonyl (C=O) groups excluding carboxylic acids is 1. The Morgan fingerprint density at radius 2 is 1.76 bits per heavy atom. The van der Waals surface area contributed by atoms with Crippen molar-refractivity contribution in [3.05, 3.63) is 68.1 Å². The average Bonchev–Trinajstić information content (AvgIpc) is 2.50. The molecular weight excluding hydrogens is 322 g/mol. The van der Waals surface area contributed by atoms with Crippen LogP contribution in [-0.2, 0) is 16.8 Å². The van der Waals surface area contributed by atoms with Crippen molar-refractivity contribution in [1.82, 2.24) is 4.57 Å². The number of benzene rings is 1. The maximum atomic E-state index is 12.2. The number of amides is 1. The first-order chi connectivity index (χ1) is 11.6. The van der Waals surface area contributed by atoms with Gasteiger partial charge in [-0.15, -0.1) is 0 Å². The molecule has 7 heteroatoms. The van der Waals surface area contributed by atoms with Crippen molar-refractivity contribution in [2.45, 2.75) is 39.7 Å². The standard InChI is InChI=1S/C18H21N3O4/c1-12-15(21(24)25)9-10-17(23)20(12)11-16(22)19-14-7-5-13(6-8-14)18(2,3)4/h5-10H,11H2,1-4H3,(H,19,22). The first-order valence-electron chi connectivity index (χ1n) is 7.85. The van der Waals surface area contributed by atoms with E-state index >= 15 is 0 Å². The van der Waals surface area contributed by atoms with Gasteiger partial charge in [0.15, 0.2) is 0 Å². The van der Waals surface area contributed by atoms with Crippen molar-refractivity contribution in [3.63, 3.8) is 0 Å². The van der Waals surface area contributed by atoms with Crippen LogP contribution < -0.4 is 10.9 Å². The van der Waals surface area contributed by atoms with Gasteiger partial charge in [0.25, 0.3) is 11.2 Å². The van der Waals surface area contributed by atoms with Crippen LogP contribution in [0, 0.1) is 17.0 Å². The smallest absolute Gasteiger partial charge is 0.288 e. The molecule has 0 fully saturated rings. The van der Waals surface area contributed by atoms with Crippen LogP contribution in [-0.4, -0.2) is 15.4 Å². The Labute approximate surface area is 145 Å². The van der Waals surface area contributed by atoms with Crippen molar-refractivity contribution in [2.75, 3.05) is 5.32 Å². The Morgan fingerprint density at radius 1 is 1.16 bits per heavy atom. The molecular formula is C18H21N3O4. The molecule has 2 aromatic rings. The summed E-state index contributed by atoms with van der Waals surface area (Å²) in [4.78, 5) is 34.5. The zero-order valence-electron chi connectivity index (χ0n) is 14.7. The van der Waals surface area contributed by atoms with Gasteiger partial charge in [0.2, 0.25) is 5.91 Å². The Kier molecular flexibility index (Phi) is 5.06. The normalized spacial score (nSPS) is 11.2. The quantitative estimate of drug-likeness (QED) is 0.682. The fourth-order valence-corrected chi connectivity index (χ4v) is 2.45. The number of aromatic nitrogens is 1. The fourth-order valence-electron chi connectivity index (χ4n) is 2.45. The van der Waals surface area contributed by atoms with E-state index in [1.807, 2.05) is 12.1 Å². The molecule has 1 amide bonds. The van der Waals surface area contributed by atoms with Gasteiger partial charge in [-0.1, -0.05) is 32.9 Å². The van der Waals surface area contributed by atoms with Crippen LogP contribution in [0.4, 0.5) is 11.4 Å². The molecule has 132 valence electrons. The van der Waals surface area contributed by atoms with Gasteiger partial charge in [-0.3, -0.25) is 24.3 Å². The monoisotopic (exact) mass is 343 g/mol. The molecule has 0 unspecified atom stereocenters. The summed E-state index contributed by atoms with van der Waals surface area (Å²) in [5.74, 6) is -0.422. The Balaban J connectivity index is 2.17. The van der Waals surface area contributed by atoms with Gasteiger partial charge in [0, 0.05) is 17.8 Å². The zero-order valence-corrected chi connectivity index (χ0v) is 14.7. The summed E-state index contributed by atoms with van der Waals surface area (Å²) in [6.45, 7) is 7.45. The number of rotatable bonds is 4. The van der Waals surface area contributed by atoms with E-state index in [-0.39, 0.29) is 23.3 Å². The van der Waals surface area contributed by atoms with Gasteiger partial charge >= 0.3 is 0 Å². The molecule has 1 heterocycles.